The van der Waals surface area contributed by atoms with Gasteiger partial charge in [-0.2, -0.15) is 0 Å². The molecular formula is C24H41IN4O2. The quantitative estimate of drug-likeness (QED) is 0.181. The Labute approximate surface area is 205 Å². The second kappa shape index (κ2) is 14.9. The molecule has 1 heterocycles. The molecular weight excluding hydrogens is 503 g/mol. The van der Waals surface area contributed by atoms with Crippen molar-refractivity contribution in [2.75, 3.05) is 53.0 Å². The normalized spacial score (nSPS) is 17.8. The van der Waals surface area contributed by atoms with E-state index < -0.39 is 0 Å². The summed E-state index contributed by atoms with van der Waals surface area (Å²) < 4.78 is 11.0. The van der Waals surface area contributed by atoms with Crippen LogP contribution in [0.1, 0.15) is 44.6 Å². The number of aliphatic imine (C=N–C) groups is 1. The third kappa shape index (κ3) is 10.4. The summed E-state index contributed by atoms with van der Waals surface area (Å²) in [5.41, 5.74) is 1.35. The Morgan fingerprint density at radius 2 is 1.81 bits per heavy atom. The van der Waals surface area contributed by atoms with Crippen molar-refractivity contribution in [2.24, 2.45) is 16.8 Å². The third-order valence-corrected chi connectivity index (χ3v) is 5.93. The van der Waals surface area contributed by atoms with E-state index >= 15 is 0 Å². The summed E-state index contributed by atoms with van der Waals surface area (Å²) in [5, 5.41) is 6.82. The van der Waals surface area contributed by atoms with Crippen molar-refractivity contribution >= 4 is 29.9 Å². The first-order valence-corrected chi connectivity index (χ1v) is 11.7. The maximum Gasteiger partial charge on any atom is 0.191 e. The molecule has 0 unspecified atom stereocenters. The largest absolute Gasteiger partial charge is 0.497 e. The molecule has 176 valence electrons. The van der Waals surface area contributed by atoms with Gasteiger partial charge in [0, 0.05) is 39.4 Å². The van der Waals surface area contributed by atoms with Crippen molar-refractivity contribution in [3.05, 3.63) is 29.8 Å². The highest BCUT2D eigenvalue weighted by atomic mass is 127. The van der Waals surface area contributed by atoms with Gasteiger partial charge in [0.2, 0.25) is 0 Å². The van der Waals surface area contributed by atoms with Crippen LogP contribution in [0.25, 0.3) is 0 Å². The van der Waals surface area contributed by atoms with Crippen LogP contribution in [-0.4, -0.2) is 63.9 Å². The molecule has 0 amide bonds. The van der Waals surface area contributed by atoms with Gasteiger partial charge in [0.15, 0.2) is 5.96 Å². The second-order valence-corrected chi connectivity index (χ2v) is 8.59. The number of ether oxygens (including phenoxy) is 2. The molecule has 6 nitrogen and oxygen atoms in total. The number of methoxy groups -OCH3 is 1. The van der Waals surface area contributed by atoms with Crippen molar-refractivity contribution in [1.29, 1.82) is 0 Å². The van der Waals surface area contributed by atoms with E-state index in [1.807, 2.05) is 12.1 Å². The van der Waals surface area contributed by atoms with E-state index in [0.29, 0.717) is 5.92 Å². The number of likely N-dealkylation sites (tertiary alicyclic amines) is 1. The molecule has 2 N–H and O–H groups in total. The number of piperidine rings is 1. The lowest BCUT2D eigenvalue weighted by Gasteiger charge is -2.31. The highest BCUT2D eigenvalue weighted by Crippen LogP contribution is 2.28. The van der Waals surface area contributed by atoms with Crippen LogP contribution >= 0.6 is 24.0 Å². The summed E-state index contributed by atoms with van der Waals surface area (Å²) in [6.07, 6.45) is 6.18. The lowest BCUT2D eigenvalue weighted by atomic mass is 9.96. The van der Waals surface area contributed by atoms with Gasteiger partial charge in [0.05, 0.1) is 7.11 Å². The fourth-order valence-electron chi connectivity index (χ4n) is 3.79. The molecule has 1 saturated carbocycles. The Kier molecular flexibility index (Phi) is 12.6. The molecule has 0 radical (unpaired) electrons. The van der Waals surface area contributed by atoms with Crippen LogP contribution in [0.2, 0.25) is 0 Å². The van der Waals surface area contributed by atoms with Gasteiger partial charge >= 0.3 is 0 Å². The lowest BCUT2D eigenvalue weighted by Crippen LogP contribution is -2.39. The van der Waals surface area contributed by atoms with Gasteiger partial charge in [-0.1, -0.05) is 12.1 Å². The predicted octanol–water partition coefficient (Wildman–Crippen LogP) is 3.90. The first-order valence-electron chi connectivity index (χ1n) is 11.7. The van der Waals surface area contributed by atoms with Crippen LogP contribution in [0.15, 0.2) is 29.3 Å². The van der Waals surface area contributed by atoms with Crippen LogP contribution in [0.3, 0.4) is 0 Å². The molecule has 1 aliphatic heterocycles. The van der Waals surface area contributed by atoms with Crippen molar-refractivity contribution in [2.45, 2.75) is 45.6 Å². The monoisotopic (exact) mass is 544 g/mol. The van der Waals surface area contributed by atoms with Gasteiger partial charge in [-0.15, -0.1) is 24.0 Å². The lowest BCUT2D eigenvalue weighted by molar-refractivity contribution is 0.123. The molecule has 0 bridgehead atoms. The number of halogens is 1. The first kappa shape index (κ1) is 26.2. The number of hydrogen-bond acceptors (Lipinski definition) is 4. The highest BCUT2D eigenvalue weighted by molar-refractivity contribution is 14.0. The Hall–Kier alpha value is -1.06. The number of rotatable bonds is 12. The molecule has 7 heteroatoms. The third-order valence-electron chi connectivity index (χ3n) is 5.93. The van der Waals surface area contributed by atoms with Gasteiger partial charge in [-0.05, 0) is 81.6 Å². The first-order chi connectivity index (χ1) is 14.8. The van der Waals surface area contributed by atoms with Gasteiger partial charge in [-0.25, -0.2) is 0 Å². The van der Waals surface area contributed by atoms with Crippen LogP contribution in [0, 0.1) is 11.8 Å². The summed E-state index contributed by atoms with van der Waals surface area (Å²) in [6, 6.07) is 8.43. The van der Waals surface area contributed by atoms with Gasteiger partial charge in [0.25, 0.3) is 0 Å². The molecule has 2 fully saturated rings. The maximum absolute atomic E-state index is 5.71. The van der Waals surface area contributed by atoms with E-state index in [9.17, 15) is 0 Å². The minimum atomic E-state index is 0. The molecule has 1 aromatic carbocycles. The van der Waals surface area contributed by atoms with E-state index in [4.69, 9.17) is 14.5 Å². The SMILES string of the molecule is CCNC(=NCC1CCN(Cc2ccc(OC)cc2)CC1)NCCCOCC1CC1.I. The van der Waals surface area contributed by atoms with Crippen LogP contribution in [-0.2, 0) is 11.3 Å². The minimum Gasteiger partial charge on any atom is -0.497 e. The van der Waals surface area contributed by atoms with E-state index in [1.54, 1.807) is 7.11 Å². The number of hydrogen-bond donors (Lipinski definition) is 2. The van der Waals surface area contributed by atoms with Crippen LogP contribution in [0.4, 0.5) is 0 Å². The fraction of sp³-hybridized carbons (Fsp3) is 0.708. The number of nitrogens with one attached hydrogen (secondary N) is 2. The fourth-order valence-corrected chi connectivity index (χ4v) is 3.79. The summed E-state index contributed by atoms with van der Waals surface area (Å²) in [5.74, 6) is 3.39. The average molecular weight is 545 g/mol. The van der Waals surface area contributed by atoms with Crippen molar-refractivity contribution in [1.82, 2.24) is 15.5 Å². The van der Waals surface area contributed by atoms with E-state index in [1.165, 1.54) is 31.2 Å². The zero-order chi connectivity index (χ0) is 21.0. The Bertz CT molecular complexity index is 629. The Morgan fingerprint density at radius 1 is 1.06 bits per heavy atom. The molecule has 0 atom stereocenters. The highest BCUT2D eigenvalue weighted by Gasteiger charge is 2.21. The van der Waals surface area contributed by atoms with Crippen molar-refractivity contribution in [3.63, 3.8) is 0 Å². The van der Waals surface area contributed by atoms with Crippen molar-refractivity contribution in [3.8, 4) is 5.75 Å². The zero-order valence-electron chi connectivity index (χ0n) is 19.3. The molecule has 0 aromatic heterocycles. The topological polar surface area (TPSA) is 58.1 Å². The molecule has 3 rings (SSSR count). The average Bonchev–Trinajstić information content (AvgIpc) is 3.60. The molecule has 0 spiro atoms. The molecule has 2 aliphatic rings. The summed E-state index contributed by atoms with van der Waals surface area (Å²) in [6.45, 7) is 9.94. The summed E-state index contributed by atoms with van der Waals surface area (Å²) >= 11 is 0. The van der Waals surface area contributed by atoms with E-state index in [0.717, 1.165) is 76.5 Å². The number of benzene rings is 1. The van der Waals surface area contributed by atoms with E-state index in [2.05, 4.69) is 34.6 Å². The number of nitrogens with zero attached hydrogens (tertiary/aromatic N) is 2. The van der Waals surface area contributed by atoms with Crippen molar-refractivity contribution < 1.29 is 9.47 Å². The summed E-state index contributed by atoms with van der Waals surface area (Å²) in [4.78, 5) is 7.39. The molecule has 1 aromatic rings. The van der Waals surface area contributed by atoms with Gasteiger partial charge in [-0.3, -0.25) is 9.89 Å². The Balaban J connectivity index is 0.00000341. The van der Waals surface area contributed by atoms with Gasteiger partial charge < -0.3 is 20.1 Å². The predicted molar refractivity (Wildman–Crippen MR) is 139 cm³/mol. The van der Waals surface area contributed by atoms with E-state index in [-0.39, 0.29) is 24.0 Å². The standard InChI is InChI=1S/C24H40N4O2.HI/c1-3-25-24(26-13-4-16-30-19-22-5-6-22)27-17-20-11-14-28(15-12-20)18-21-7-9-23(29-2)10-8-21;/h7-10,20,22H,3-6,11-19H2,1-2H3,(H2,25,26,27);1H. The maximum atomic E-state index is 5.71. The zero-order valence-corrected chi connectivity index (χ0v) is 21.6. The molecule has 31 heavy (non-hydrogen) atoms. The summed E-state index contributed by atoms with van der Waals surface area (Å²) in [7, 11) is 1.71. The number of guanidine groups is 1. The Morgan fingerprint density at radius 3 is 2.45 bits per heavy atom. The van der Waals surface area contributed by atoms with Crippen LogP contribution < -0.4 is 15.4 Å². The molecule has 1 aliphatic carbocycles. The van der Waals surface area contributed by atoms with Gasteiger partial charge in [0.1, 0.15) is 5.75 Å². The minimum absolute atomic E-state index is 0. The molecule has 1 saturated heterocycles. The second-order valence-electron chi connectivity index (χ2n) is 8.59. The van der Waals surface area contributed by atoms with Crippen LogP contribution in [0.5, 0.6) is 5.75 Å². The smallest absolute Gasteiger partial charge is 0.191 e.